The third-order valence-corrected chi connectivity index (χ3v) is 10.5. The second kappa shape index (κ2) is 13.0. The Bertz CT molecular complexity index is 2820. The van der Waals surface area contributed by atoms with Crippen LogP contribution in [0.25, 0.3) is 100 Å². The standard InChI is InChI=1S/C51H31N3/c52-32-33-18-20-34(21-19-33)39-14-9-15-40(30-39)42-27-29-46-44-17-8-7-16-43(44)45-28-26-41(49(42)50(45)46)35-22-24-38(25-23-35)51-53-47(36-10-3-1-4-11-36)31-48(54-51)37-12-5-2-6-13-37/h1-31H. The van der Waals surface area contributed by atoms with Crippen LogP contribution >= 0.6 is 0 Å². The number of nitrogens with zero attached hydrogens (tertiary/aromatic N) is 3. The molecular formula is C51H31N3. The number of benzene rings is 8. The van der Waals surface area contributed by atoms with Crippen LogP contribution < -0.4 is 0 Å². The van der Waals surface area contributed by atoms with Crippen molar-refractivity contribution in [3.05, 3.63) is 194 Å². The van der Waals surface area contributed by atoms with Gasteiger partial charge in [0.25, 0.3) is 0 Å². The summed E-state index contributed by atoms with van der Waals surface area (Å²) in [6.45, 7) is 0. The molecule has 0 atom stereocenters. The lowest BCUT2D eigenvalue weighted by atomic mass is 9.87. The maximum absolute atomic E-state index is 9.35. The second-order valence-electron chi connectivity index (χ2n) is 13.7. The molecule has 1 aliphatic carbocycles. The van der Waals surface area contributed by atoms with E-state index in [1.807, 2.05) is 60.7 Å². The van der Waals surface area contributed by atoms with Crippen molar-refractivity contribution in [2.24, 2.45) is 0 Å². The summed E-state index contributed by atoms with van der Waals surface area (Å²) in [4.78, 5) is 10.2. The van der Waals surface area contributed by atoms with Gasteiger partial charge in [-0.2, -0.15) is 5.26 Å². The molecule has 0 saturated heterocycles. The van der Waals surface area contributed by atoms with Crippen molar-refractivity contribution in [3.8, 4) is 95.6 Å². The zero-order valence-corrected chi connectivity index (χ0v) is 29.2. The Balaban J connectivity index is 1.12. The van der Waals surface area contributed by atoms with Crippen LogP contribution in [0.3, 0.4) is 0 Å². The van der Waals surface area contributed by atoms with Gasteiger partial charge < -0.3 is 0 Å². The Morgan fingerprint density at radius 1 is 0.315 bits per heavy atom. The molecule has 1 heterocycles. The molecule has 0 aliphatic heterocycles. The quantitative estimate of drug-likeness (QED) is 0.175. The predicted octanol–water partition coefficient (Wildman–Crippen LogP) is 13.2. The van der Waals surface area contributed by atoms with Gasteiger partial charge in [-0.15, -0.1) is 0 Å². The molecule has 0 bridgehead atoms. The minimum Gasteiger partial charge on any atom is -0.228 e. The number of fused-ring (bicyclic) bond motifs is 3. The number of rotatable bonds is 6. The van der Waals surface area contributed by atoms with Crippen molar-refractivity contribution in [1.29, 1.82) is 5.26 Å². The van der Waals surface area contributed by atoms with Gasteiger partial charge in [-0.05, 0) is 90.7 Å². The summed E-state index contributed by atoms with van der Waals surface area (Å²) in [7, 11) is 0. The molecule has 0 unspecified atom stereocenters. The molecule has 0 spiro atoms. The molecule has 3 nitrogen and oxygen atoms in total. The van der Waals surface area contributed by atoms with Gasteiger partial charge in [0.15, 0.2) is 5.82 Å². The van der Waals surface area contributed by atoms with Crippen molar-refractivity contribution in [2.75, 3.05) is 0 Å². The Labute approximate surface area is 314 Å². The fraction of sp³-hybridized carbons (Fsp3) is 0. The number of nitriles is 1. The molecule has 1 aliphatic rings. The molecule has 9 aromatic rings. The lowest BCUT2D eigenvalue weighted by Gasteiger charge is -2.16. The van der Waals surface area contributed by atoms with Gasteiger partial charge in [-0.3, -0.25) is 0 Å². The van der Waals surface area contributed by atoms with Gasteiger partial charge in [-0.25, -0.2) is 9.97 Å². The molecule has 10 rings (SSSR count). The number of hydrogen-bond acceptors (Lipinski definition) is 3. The monoisotopic (exact) mass is 685 g/mol. The molecule has 54 heavy (non-hydrogen) atoms. The van der Waals surface area contributed by atoms with Gasteiger partial charge in [0, 0.05) is 16.7 Å². The van der Waals surface area contributed by atoms with E-state index < -0.39 is 0 Å². The predicted molar refractivity (Wildman–Crippen MR) is 221 cm³/mol. The smallest absolute Gasteiger partial charge is 0.160 e. The van der Waals surface area contributed by atoms with Crippen LogP contribution in [0.1, 0.15) is 5.56 Å². The third-order valence-electron chi connectivity index (χ3n) is 10.5. The van der Waals surface area contributed by atoms with E-state index >= 15 is 0 Å². The number of aromatic nitrogens is 2. The molecule has 0 saturated carbocycles. The van der Waals surface area contributed by atoms with Crippen LogP contribution in [0.2, 0.25) is 0 Å². The van der Waals surface area contributed by atoms with E-state index in [-0.39, 0.29) is 0 Å². The highest BCUT2D eigenvalue weighted by Gasteiger charge is 2.25. The Morgan fingerprint density at radius 3 is 1.37 bits per heavy atom. The van der Waals surface area contributed by atoms with Crippen LogP contribution in [0, 0.1) is 11.3 Å². The fourth-order valence-electron chi connectivity index (χ4n) is 7.87. The Kier molecular flexibility index (Phi) is 7.53. The maximum Gasteiger partial charge on any atom is 0.160 e. The zero-order valence-electron chi connectivity index (χ0n) is 29.2. The lowest BCUT2D eigenvalue weighted by Crippen LogP contribution is -1.96. The summed E-state index contributed by atoms with van der Waals surface area (Å²) in [6.07, 6.45) is 0. The minimum atomic E-state index is 0.657. The van der Waals surface area contributed by atoms with Crippen LogP contribution in [-0.2, 0) is 0 Å². The highest BCUT2D eigenvalue weighted by molar-refractivity contribution is 6.22. The molecule has 3 heteroatoms. The summed E-state index contributed by atoms with van der Waals surface area (Å²) < 4.78 is 0. The molecule has 1 aromatic heterocycles. The van der Waals surface area contributed by atoms with Gasteiger partial charge in [-0.1, -0.05) is 164 Å². The maximum atomic E-state index is 9.35. The van der Waals surface area contributed by atoms with Crippen LogP contribution in [0.5, 0.6) is 0 Å². The Morgan fingerprint density at radius 2 is 0.778 bits per heavy atom. The van der Waals surface area contributed by atoms with Crippen LogP contribution in [0.15, 0.2) is 188 Å². The first-order valence-corrected chi connectivity index (χ1v) is 18.1. The molecule has 250 valence electrons. The normalized spacial score (nSPS) is 11.3. The largest absolute Gasteiger partial charge is 0.228 e. The summed E-state index contributed by atoms with van der Waals surface area (Å²) >= 11 is 0. The average Bonchev–Trinajstić information content (AvgIpc) is 3.59. The topological polar surface area (TPSA) is 49.6 Å². The zero-order chi connectivity index (χ0) is 36.0. The number of hydrogen-bond donors (Lipinski definition) is 0. The third kappa shape index (κ3) is 5.37. The van der Waals surface area contributed by atoms with Crippen molar-refractivity contribution < 1.29 is 0 Å². The molecule has 0 radical (unpaired) electrons. The van der Waals surface area contributed by atoms with Gasteiger partial charge in [0.1, 0.15) is 0 Å². The highest BCUT2D eigenvalue weighted by atomic mass is 14.9. The van der Waals surface area contributed by atoms with E-state index in [1.165, 1.54) is 44.2 Å². The highest BCUT2D eigenvalue weighted by Crippen LogP contribution is 2.52. The van der Waals surface area contributed by atoms with Crippen molar-refractivity contribution in [1.82, 2.24) is 9.97 Å². The molecule has 0 amide bonds. The molecule has 0 fully saturated rings. The fourth-order valence-corrected chi connectivity index (χ4v) is 7.87. The minimum absolute atomic E-state index is 0.657. The van der Waals surface area contributed by atoms with E-state index in [0.717, 1.165) is 50.3 Å². The summed E-state index contributed by atoms with van der Waals surface area (Å²) in [6, 6.07) is 68.0. The van der Waals surface area contributed by atoms with Gasteiger partial charge in [0.05, 0.1) is 23.0 Å². The lowest BCUT2D eigenvalue weighted by molar-refractivity contribution is 1.18. The summed E-state index contributed by atoms with van der Waals surface area (Å²) in [5, 5.41) is 11.9. The SMILES string of the molecule is N#Cc1ccc(-c2cccc(-c3ccc4c5c(ccc(-c6ccc(-c7nc(-c8ccccc8)cc(-c8ccccc8)n7)cc6)c35)-c3ccccc3-4)c2)cc1. The van der Waals surface area contributed by atoms with Gasteiger partial charge in [0.2, 0.25) is 0 Å². The molecule has 0 N–H and O–H groups in total. The molecular weight excluding hydrogens is 655 g/mol. The van der Waals surface area contributed by atoms with Crippen molar-refractivity contribution >= 4 is 10.8 Å². The first-order valence-electron chi connectivity index (χ1n) is 18.1. The molecule has 8 aromatic carbocycles. The first kappa shape index (κ1) is 31.3. The summed E-state index contributed by atoms with van der Waals surface area (Å²) in [5.41, 5.74) is 17.4. The van der Waals surface area contributed by atoms with E-state index in [4.69, 9.17) is 9.97 Å². The van der Waals surface area contributed by atoms with E-state index in [1.54, 1.807) is 0 Å². The average molecular weight is 686 g/mol. The van der Waals surface area contributed by atoms with Gasteiger partial charge >= 0.3 is 0 Å². The van der Waals surface area contributed by atoms with Crippen LogP contribution in [0.4, 0.5) is 0 Å². The second-order valence-corrected chi connectivity index (χ2v) is 13.7. The van der Waals surface area contributed by atoms with Crippen molar-refractivity contribution in [3.63, 3.8) is 0 Å². The van der Waals surface area contributed by atoms with E-state index in [2.05, 4.69) is 133 Å². The van der Waals surface area contributed by atoms with Crippen LogP contribution in [-0.4, -0.2) is 9.97 Å². The van der Waals surface area contributed by atoms with E-state index in [9.17, 15) is 5.26 Å². The van der Waals surface area contributed by atoms with Crippen molar-refractivity contribution in [2.45, 2.75) is 0 Å². The Hall–Kier alpha value is -7.41. The summed E-state index contributed by atoms with van der Waals surface area (Å²) in [5.74, 6) is 0.693. The first-order chi connectivity index (χ1) is 26.7. The van der Waals surface area contributed by atoms with E-state index in [0.29, 0.717) is 11.4 Å².